The molecule has 0 aliphatic rings. The summed E-state index contributed by atoms with van der Waals surface area (Å²) in [4.78, 5) is 0. The molecule has 1 nitrogen and oxygen atoms in total. The van der Waals surface area contributed by atoms with E-state index in [2.05, 4.69) is 0 Å². The van der Waals surface area contributed by atoms with Gasteiger partial charge in [0.15, 0.2) is 0 Å². The molecule has 0 heterocycles. The lowest BCUT2D eigenvalue weighted by atomic mass is 9.94. The van der Waals surface area contributed by atoms with E-state index < -0.39 is 35.1 Å². The van der Waals surface area contributed by atoms with Crippen LogP contribution in [0.5, 0.6) is 0 Å². The van der Waals surface area contributed by atoms with E-state index in [9.17, 15) is 31.4 Å². The predicted octanol–water partition coefficient (Wildman–Crippen LogP) is 5.46. The maximum atomic E-state index is 13.0. The number of rotatable bonds is 2. The summed E-state index contributed by atoms with van der Waals surface area (Å²) in [6.07, 6.45) is -11.6. The largest absolute Gasteiger partial charge is 0.416 e. The molecule has 0 saturated heterocycles. The van der Waals surface area contributed by atoms with E-state index in [-0.39, 0.29) is 10.6 Å². The van der Waals surface area contributed by atoms with Crippen molar-refractivity contribution in [1.82, 2.24) is 0 Å². The lowest BCUT2D eigenvalue weighted by molar-refractivity contribution is -0.142. The summed E-state index contributed by atoms with van der Waals surface area (Å²) in [6.45, 7) is 0. The Kier molecular flexibility index (Phi) is 4.64. The van der Waals surface area contributed by atoms with E-state index in [0.29, 0.717) is 18.2 Å². The zero-order valence-electron chi connectivity index (χ0n) is 11.2. The van der Waals surface area contributed by atoms with Crippen molar-refractivity contribution in [2.45, 2.75) is 18.5 Å². The first kappa shape index (κ1) is 17.6. The van der Waals surface area contributed by atoms with Crippen molar-refractivity contribution in [1.29, 1.82) is 0 Å². The summed E-state index contributed by atoms with van der Waals surface area (Å²) < 4.78 is 77.2. The van der Waals surface area contributed by atoms with Gasteiger partial charge in [-0.05, 0) is 41.5 Å². The molecule has 1 N–H and O–H groups in total. The first-order chi connectivity index (χ1) is 10.5. The molecular weight excluding hydrogens is 346 g/mol. The third-order valence-electron chi connectivity index (χ3n) is 3.16. The summed E-state index contributed by atoms with van der Waals surface area (Å²) in [6, 6.07) is 6.09. The molecule has 124 valence electrons. The Balaban J connectivity index is 2.59. The average Bonchev–Trinajstić information content (AvgIpc) is 2.45. The second-order valence-electron chi connectivity index (χ2n) is 4.75. The maximum absolute atomic E-state index is 13.0. The molecule has 0 saturated carbocycles. The fourth-order valence-electron chi connectivity index (χ4n) is 2.05. The topological polar surface area (TPSA) is 20.2 Å². The molecule has 23 heavy (non-hydrogen) atoms. The fourth-order valence-corrected chi connectivity index (χ4v) is 2.17. The molecule has 0 spiro atoms. The highest BCUT2D eigenvalue weighted by Gasteiger charge is 2.38. The molecule has 0 radical (unpaired) electrons. The van der Waals surface area contributed by atoms with Gasteiger partial charge in [-0.25, -0.2) is 0 Å². The van der Waals surface area contributed by atoms with Gasteiger partial charge in [0, 0.05) is 5.02 Å². The average molecular weight is 355 g/mol. The smallest absolute Gasteiger partial charge is 0.384 e. The van der Waals surface area contributed by atoms with E-state index in [0.717, 1.165) is 0 Å². The van der Waals surface area contributed by atoms with Gasteiger partial charge in [0.05, 0.1) is 11.1 Å². The standard InChI is InChI=1S/C15H9ClF6O/c16-10-4-1-8(2-5-10)13(23)11-7-9(14(17,18)19)3-6-12(11)15(20,21)22/h1-7,13,23H/t13-/m0/s1. The first-order valence-corrected chi connectivity index (χ1v) is 6.60. The molecular formula is C15H9ClF6O. The van der Waals surface area contributed by atoms with Crippen LogP contribution in [0.4, 0.5) is 26.3 Å². The van der Waals surface area contributed by atoms with E-state index in [4.69, 9.17) is 11.6 Å². The van der Waals surface area contributed by atoms with Gasteiger partial charge in [0.2, 0.25) is 0 Å². The van der Waals surface area contributed by atoms with Crippen LogP contribution in [-0.4, -0.2) is 5.11 Å². The third-order valence-corrected chi connectivity index (χ3v) is 3.42. The summed E-state index contributed by atoms with van der Waals surface area (Å²) in [5.41, 5.74) is -3.46. The first-order valence-electron chi connectivity index (χ1n) is 6.22. The van der Waals surface area contributed by atoms with Crippen LogP contribution in [0.15, 0.2) is 42.5 Å². The van der Waals surface area contributed by atoms with Crippen molar-refractivity contribution in [3.8, 4) is 0 Å². The molecule has 2 aromatic rings. The highest BCUT2D eigenvalue weighted by molar-refractivity contribution is 6.30. The quantitative estimate of drug-likeness (QED) is 0.710. The second-order valence-corrected chi connectivity index (χ2v) is 5.19. The number of hydrogen-bond donors (Lipinski definition) is 1. The number of benzene rings is 2. The van der Waals surface area contributed by atoms with Crippen molar-refractivity contribution in [2.24, 2.45) is 0 Å². The fraction of sp³-hybridized carbons (Fsp3) is 0.200. The minimum Gasteiger partial charge on any atom is -0.384 e. The molecule has 0 unspecified atom stereocenters. The van der Waals surface area contributed by atoms with Crippen LogP contribution in [0.1, 0.15) is 28.4 Å². The zero-order valence-corrected chi connectivity index (χ0v) is 12.0. The predicted molar refractivity (Wildman–Crippen MR) is 72.0 cm³/mol. The second kappa shape index (κ2) is 6.05. The molecule has 0 amide bonds. The normalized spacial score (nSPS) is 13.9. The molecule has 8 heteroatoms. The number of aliphatic hydroxyl groups is 1. The van der Waals surface area contributed by atoms with Gasteiger partial charge >= 0.3 is 12.4 Å². The molecule has 0 aliphatic carbocycles. The Morgan fingerprint density at radius 3 is 1.87 bits per heavy atom. The van der Waals surface area contributed by atoms with Gasteiger partial charge in [-0.15, -0.1) is 0 Å². The van der Waals surface area contributed by atoms with Crippen molar-refractivity contribution in [2.75, 3.05) is 0 Å². The van der Waals surface area contributed by atoms with Crippen LogP contribution in [0, 0.1) is 0 Å². The SMILES string of the molecule is O[C@@H](c1ccc(Cl)cc1)c1cc(C(F)(F)F)ccc1C(F)(F)F. The van der Waals surface area contributed by atoms with Crippen LogP contribution < -0.4 is 0 Å². The Labute approximate surface area is 132 Å². The Bertz CT molecular complexity index is 691. The molecule has 0 bridgehead atoms. The Morgan fingerprint density at radius 2 is 1.39 bits per heavy atom. The van der Waals surface area contributed by atoms with E-state index >= 15 is 0 Å². The maximum Gasteiger partial charge on any atom is 0.416 e. The van der Waals surface area contributed by atoms with Crippen molar-refractivity contribution in [3.05, 3.63) is 69.7 Å². The minimum absolute atomic E-state index is 0.000718. The van der Waals surface area contributed by atoms with Crippen LogP contribution >= 0.6 is 11.6 Å². The zero-order chi connectivity index (χ0) is 17.4. The summed E-state index contributed by atoms with van der Waals surface area (Å²) >= 11 is 5.64. The number of halogens is 7. The van der Waals surface area contributed by atoms with E-state index in [1.807, 2.05) is 0 Å². The molecule has 1 atom stereocenters. The van der Waals surface area contributed by atoms with E-state index in [1.54, 1.807) is 0 Å². The van der Waals surface area contributed by atoms with Crippen LogP contribution in [-0.2, 0) is 12.4 Å². The van der Waals surface area contributed by atoms with Crippen LogP contribution in [0.3, 0.4) is 0 Å². The van der Waals surface area contributed by atoms with Gasteiger partial charge in [0.25, 0.3) is 0 Å². The summed E-state index contributed by atoms with van der Waals surface area (Å²) in [5.74, 6) is 0. The molecule has 0 fully saturated rings. The van der Waals surface area contributed by atoms with E-state index in [1.165, 1.54) is 24.3 Å². The van der Waals surface area contributed by atoms with Crippen molar-refractivity contribution >= 4 is 11.6 Å². The molecule has 0 aromatic heterocycles. The van der Waals surface area contributed by atoms with Gasteiger partial charge in [-0.3, -0.25) is 0 Å². The van der Waals surface area contributed by atoms with Crippen LogP contribution in [0.25, 0.3) is 0 Å². The number of alkyl halides is 6. The van der Waals surface area contributed by atoms with Gasteiger partial charge in [-0.1, -0.05) is 23.7 Å². The minimum atomic E-state index is -4.90. The molecule has 0 aliphatic heterocycles. The summed E-state index contributed by atoms with van der Waals surface area (Å²) in [7, 11) is 0. The van der Waals surface area contributed by atoms with Crippen molar-refractivity contribution < 1.29 is 31.4 Å². The van der Waals surface area contributed by atoms with Gasteiger partial charge in [-0.2, -0.15) is 26.3 Å². The monoisotopic (exact) mass is 354 g/mol. The highest BCUT2D eigenvalue weighted by atomic mass is 35.5. The summed E-state index contributed by atoms with van der Waals surface area (Å²) in [5, 5.41) is 10.4. The highest BCUT2D eigenvalue weighted by Crippen LogP contribution is 2.40. The van der Waals surface area contributed by atoms with Gasteiger partial charge < -0.3 is 5.11 Å². The number of hydrogen-bond acceptors (Lipinski definition) is 1. The Morgan fingerprint density at radius 1 is 0.826 bits per heavy atom. The van der Waals surface area contributed by atoms with Gasteiger partial charge in [0.1, 0.15) is 6.10 Å². The molecule has 2 rings (SSSR count). The van der Waals surface area contributed by atoms with Crippen molar-refractivity contribution in [3.63, 3.8) is 0 Å². The van der Waals surface area contributed by atoms with Crippen LogP contribution in [0.2, 0.25) is 5.02 Å². The third kappa shape index (κ3) is 3.97. The number of aliphatic hydroxyl groups excluding tert-OH is 1. The lowest BCUT2D eigenvalue weighted by Crippen LogP contribution is -2.15. The Hall–Kier alpha value is -1.73. The molecule has 2 aromatic carbocycles. The lowest BCUT2D eigenvalue weighted by Gasteiger charge is -2.20.